The largest absolute Gasteiger partial charge is 0.228 e. The number of hydrogen-bond donors (Lipinski definition) is 0. The van der Waals surface area contributed by atoms with Crippen molar-refractivity contribution in [1.29, 1.82) is 0 Å². The average molecular weight is 767 g/mol. The van der Waals surface area contributed by atoms with Crippen LogP contribution in [0.3, 0.4) is 0 Å². The van der Waals surface area contributed by atoms with Crippen molar-refractivity contribution in [2.24, 2.45) is 0 Å². The second kappa shape index (κ2) is 13.6. The van der Waals surface area contributed by atoms with Gasteiger partial charge in [0.2, 0.25) is 0 Å². The van der Waals surface area contributed by atoms with Crippen LogP contribution in [-0.2, 0) is 0 Å². The molecule has 0 fully saturated rings. The number of rotatable bonds is 5. The monoisotopic (exact) mass is 766 g/mol. The standard InChI is InChI=1S/C56H34N2S/c1-2-15-36(16-3-1)56-57-51(44-23-11-8-19-40(44)38-27-28-47-46-24-12-13-25-53(46)59-54(47)33-38)34-52(58-56)45-30-31-48(43-22-10-9-21-42(43)45)55-41-20-7-5-17-37(41)32-50-39-18-6-4-14-35(39)26-29-49(50)55/h1-34H. The fraction of sp³-hybridized carbons (Fsp3) is 0. The fourth-order valence-electron chi connectivity index (χ4n) is 9.14. The van der Waals surface area contributed by atoms with E-state index in [4.69, 9.17) is 9.97 Å². The van der Waals surface area contributed by atoms with Gasteiger partial charge < -0.3 is 0 Å². The van der Waals surface area contributed by atoms with Crippen molar-refractivity contribution >= 4 is 74.6 Å². The van der Waals surface area contributed by atoms with Crippen LogP contribution in [0.4, 0.5) is 0 Å². The quantitative estimate of drug-likeness (QED) is 0.129. The summed E-state index contributed by atoms with van der Waals surface area (Å²) in [5.41, 5.74) is 9.69. The van der Waals surface area contributed by atoms with Crippen LogP contribution in [0.25, 0.3) is 119 Å². The van der Waals surface area contributed by atoms with E-state index in [0.717, 1.165) is 39.0 Å². The number of fused-ring (bicyclic) bond motifs is 8. The van der Waals surface area contributed by atoms with Crippen molar-refractivity contribution in [3.8, 4) is 56.2 Å². The van der Waals surface area contributed by atoms with Gasteiger partial charge in [-0.05, 0) is 89.6 Å². The lowest BCUT2D eigenvalue weighted by molar-refractivity contribution is 1.19. The second-order valence-corrected chi connectivity index (χ2v) is 16.3. The van der Waals surface area contributed by atoms with E-state index in [1.165, 1.54) is 74.6 Å². The van der Waals surface area contributed by atoms with Crippen LogP contribution in [0.1, 0.15) is 0 Å². The van der Waals surface area contributed by atoms with Gasteiger partial charge in [0.25, 0.3) is 0 Å². The van der Waals surface area contributed by atoms with Crippen molar-refractivity contribution < 1.29 is 0 Å². The van der Waals surface area contributed by atoms with E-state index in [0.29, 0.717) is 5.82 Å². The van der Waals surface area contributed by atoms with E-state index >= 15 is 0 Å². The molecule has 59 heavy (non-hydrogen) atoms. The zero-order valence-corrected chi connectivity index (χ0v) is 32.7. The predicted molar refractivity (Wildman–Crippen MR) is 252 cm³/mol. The molecule has 0 aliphatic carbocycles. The molecule has 0 spiro atoms. The van der Waals surface area contributed by atoms with E-state index in [2.05, 4.69) is 200 Å². The third kappa shape index (κ3) is 5.55. The minimum absolute atomic E-state index is 0.702. The minimum Gasteiger partial charge on any atom is -0.228 e. The van der Waals surface area contributed by atoms with Crippen molar-refractivity contribution in [2.75, 3.05) is 0 Å². The molecule has 0 N–H and O–H groups in total. The summed E-state index contributed by atoms with van der Waals surface area (Å²) in [5, 5.41) is 12.5. The average Bonchev–Trinajstić information content (AvgIpc) is 3.69. The fourth-order valence-corrected chi connectivity index (χ4v) is 10.3. The lowest BCUT2D eigenvalue weighted by atomic mass is 9.86. The van der Waals surface area contributed by atoms with Crippen LogP contribution >= 0.6 is 11.3 Å². The molecule has 0 radical (unpaired) electrons. The Hall–Kier alpha value is -7.46. The molecular formula is C56H34N2S. The van der Waals surface area contributed by atoms with Crippen molar-refractivity contribution in [1.82, 2.24) is 9.97 Å². The Morgan fingerprint density at radius 3 is 1.71 bits per heavy atom. The molecule has 12 aromatic rings. The molecule has 274 valence electrons. The zero-order valence-electron chi connectivity index (χ0n) is 31.9. The molecule has 12 rings (SSSR count). The molecule has 0 atom stereocenters. The number of thiophene rings is 1. The molecular weight excluding hydrogens is 733 g/mol. The Morgan fingerprint density at radius 2 is 0.881 bits per heavy atom. The molecule has 0 amide bonds. The summed E-state index contributed by atoms with van der Waals surface area (Å²) in [6, 6.07) is 74.6. The number of nitrogens with zero attached hydrogens (tertiary/aromatic N) is 2. The van der Waals surface area contributed by atoms with Gasteiger partial charge in [0.1, 0.15) is 0 Å². The van der Waals surface area contributed by atoms with E-state index in [9.17, 15) is 0 Å². The molecule has 0 aliphatic heterocycles. The third-order valence-corrected chi connectivity index (χ3v) is 13.0. The van der Waals surface area contributed by atoms with Crippen LogP contribution < -0.4 is 0 Å². The van der Waals surface area contributed by atoms with Gasteiger partial charge in [-0.1, -0.05) is 182 Å². The van der Waals surface area contributed by atoms with E-state index in [1.54, 1.807) is 0 Å². The van der Waals surface area contributed by atoms with Gasteiger partial charge in [-0.2, -0.15) is 0 Å². The highest BCUT2D eigenvalue weighted by Gasteiger charge is 2.19. The first-order valence-electron chi connectivity index (χ1n) is 20.1. The van der Waals surface area contributed by atoms with Crippen molar-refractivity contribution in [3.05, 3.63) is 206 Å². The summed E-state index contributed by atoms with van der Waals surface area (Å²) in [7, 11) is 0. The third-order valence-electron chi connectivity index (χ3n) is 11.9. The lowest BCUT2D eigenvalue weighted by Crippen LogP contribution is -1.98. The first-order chi connectivity index (χ1) is 29.2. The highest BCUT2D eigenvalue weighted by molar-refractivity contribution is 7.25. The van der Waals surface area contributed by atoms with Gasteiger partial charge in [-0.25, -0.2) is 9.97 Å². The Bertz CT molecular complexity index is 3620. The highest BCUT2D eigenvalue weighted by Crippen LogP contribution is 2.45. The van der Waals surface area contributed by atoms with Gasteiger partial charge in [-0.3, -0.25) is 0 Å². The number of aromatic nitrogens is 2. The summed E-state index contributed by atoms with van der Waals surface area (Å²) < 4.78 is 2.59. The summed E-state index contributed by atoms with van der Waals surface area (Å²) in [6.45, 7) is 0. The molecule has 0 unspecified atom stereocenters. The first kappa shape index (κ1) is 33.7. The minimum atomic E-state index is 0.702. The highest BCUT2D eigenvalue weighted by atomic mass is 32.1. The predicted octanol–water partition coefficient (Wildman–Crippen LogP) is 15.8. The van der Waals surface area contributed by atoms with Gasteiger partial charge in [-0.15, -0.1) is 11.3 Å². The number of hydrogen-bond acceptors (Lipinski definition) is 3. The molecule has 2 aromatic heterocycles. The molecule has 2 nitrogen and oxygen atoms in total. The van der Waals surface area contributed by atoms with Gasteiger partial charge in [0.05, 0.1) is 11.4 Å². The van der Waals surface area contributed by atoms with Crippen molar-refractivity contribution in [3.63, 3.8) is 0 Å². The summed E-state index contributed by atoms with van der Waals surface area (Å²) in [4.78, 5) is 10.7. The molecule has 3 heteroatoms. The second-order valence-electron chi connectivity index (χ2n) is 15.2. The molecule has 0 bridgehead atoms. The van der Waals surface area contributed by atoms with Crippen LogP contribution in [0, 0.1) is 0 Å². The summed E-state index contributed by atoms with van der Waals surface area (Å²) in [6.07, 6.45) is 0. The van der Waals surface area contributed by atoms with E-state index < -0.39 is 0 Å². The van der Waals surface area contributed by atoms with Crippen LogP contribution in [0.5, 0.6) is 0 Å². The van der Waals surface area contributed by atoms with Gasteiger partial charge in [0.15, 0.2) is 5.82 Å². The molecule has 0 aliphatic rings. The summed E-state index contributed by atoms with van der Waals surface area (Å²) >= 11 is 1.85. The molecule has 2 heterocycles. The van der Waals surface area contributed by atoms with E-state index in [-0.39, 0.29) is 0 Å². The van der Waals surface area contributed by atoms with E-state index in [1.807, 2.05) is 17.4 Å². The lowest BCUT2D eigenvalue weighted by Gasteiger charge is -2.18. The molecule has 0 saturated heterocycles. The normalized spacial score (nSPS) is 11.7. The summed E-state index contributed by atoms with van der Waals surface area (Å²) in [5.74, 6) is 0.702. The van der Waals surface area contributed by atoms with Gasteiger partial charge >= 0.3 is 0 Å². The smallest absolute Gasteiger partial charge is 0.160 e. The Balaban J connectivity index is 1.08. The topological polar surface area (TPSA) is 25.8 Å². The van der Waals surface area contributed by atoms with Crippen molar-refractivity contribution in [2.45, 2.75) is 0 Å². The maximum atomic E-state index is 5.34. The van der Waals surface area contributed by atoms with Crippen LogP contribution in [0.2, 0.25) is 0 Å². The SMILES string of the molecule is c1ccc(-c2nc(-c3ccccc3-c3ccc4c(c3)sc3ccccc34)cc(-c3ccc(-c4c5ccccc5cc5c4ccc4ccccc45)c4ccccc34)n2)cc1. The number of benzene rings is 10. The Labute approximate surface area is 345 Å². The Kier molecular flexibility index (Phi) is 7.75. The zero-order chi connectivity index (χ0) is 38.9. The molecule has 10 aromatic carbocycles. The maximum Gasteiger partial charge on any atom is 0.160 e. The molecule has 0 saturated carbocycles. The van der Waals surface area contributed by atoms with Crippen LogP contribution in [0.15, 0.2) is 206 Å². The first-order valence-corrected chi connectivity index (χ1v) is 20.9. The Morgan fingerprint density at radius 1 is 0.288 bits per heavy atom. The van der Waals surface area contributed by atoms with Crippen LogP contribution in [-0.4, -0.2) is 9.97 Å². The maximum absolute atomic E-state index is 5.34. The van der Waals surface area contributed by atoms with Gasteiger partial charge in [0, 0.05) is 36.9 Å².